The second-order valence-electron chi connectivity index (χ2n) is 5.36. The predicted molar refractivity (Wildman–Crippen MR) is 112 cm³/mol. The Morgan fingerprint density at radius 1 is 1.04 bits per heavy atom. The molecule has 0 aliphatic heterocycles. The summed E-state index contributed by atoms with van der Waals surface area (Å²) in [6.45, 7) is 0. The predicted octanol–water partition coefficient (Wildman–Crippen LogP) is 5.24. The van der Waals surface area contributed by atoms with E-state index in [-0.39, 0.29) is 11.0 Å². The number of halogens is 1. The molecule has 0 unspecified atom stereocenters. The maximum atomic E-state index is 12.0. The van der Waals surface area contributed by atoms with Crippen LogP contribution < -0.4 is 10.6 Å². The summed E-state index contributed by atoms with van der Waals surface area (Å²) >= 11 is 8.52. The molecule has 0 fully saturated rings. The van der Waals surface area contributed by atoms with Crippen LogP contribution in [0.5, 0.6) is 0 Å². The van der Waals surface area contributed by atoms with E-state index in [9.17, 15) is 4.79 Å². The van der Waals surface area contributed by atoms with Crippen molar-refractivity contribution in [2.45, 2.75) is 0 Å². The fourth-order valence-corrected chi connectivity index (χ4v) is 2.86. The standard InChI is InChI=1S/C20H15BrN2O2S/c21-15-7-4-8-16(13-15)22-20(26)23-19(24)12-10-17-9-11-18(25-17)14-5-2-1-3-6-14/h1-13H,(H2,22,23,24,26)/b12-10+. The molecule has 2 aromatic carbocycles. The van der Waals surface area contributed by atoms with E-state index in [0.29, 0.717) is 5.76 Å². The number of hydrogen-bond donors (Lipinski definition) is 2. The molecule has 1 heterocycles. The van der Waals surface area contributed by atoms with Crippen LogP contribution in [-0.4, -0.2) is 11.0 Å². The first-order valence-corrected chi connectivity index (χ1v) is 9.01. The average molecular weight is 427 g/mol. The van der Waals surface area contributed by atoms with Gasteiger partial charge in [0.2, 0.25) is 5.91 Å². The van der Waals surface area contributed by atoms with Gasteiger partial charge in [0.05, 0.1) is 0 Å². The van der Waals surface area contributed by atoms with E-state index in [2.05, 4.69) is 26.6 Å². The van der Waals surface area contributed by atoms with E-state index in [4.69, 9.17) is 16.6 Å². The van der Waals surface area contributed by atoms with Gasteiger partial charge in [0.15, 0.2) is 5.11 Å². The van der Waals surface area contributed by atoms with Crippen LogP contribution in [0.15, 0.2) is 81.7 Å². The summed E-state index contributed by atoms with van der Waals surface area (Å²) in [7, 11) is 0. The minimum Gasteiger partial charge on any atom is -0.457 e. The van der Waals surface area contributed by atoms with Crippen LogP contribution in [-0.2, 0) is 4.79 Å². The van der Waals surface area contributed by atoms with Crippen LogP contribution in [0.25, 0.3) is 17.4 Å². The first-order chi connectivity index (χ1) is 12.6. The molecule has 1 amide bonds. The highest BCUT2D eigenvalue weighted by molar-refractivity contribution is 9.10. The smallest absolute Gasteiger partial charge is 0.250 e. The lowest BCUT2D eigenvalue weighted by molar-refractivity contribution is -0.115. The van der Waals surface area contributed by atoms with Crippen molar-refractivity contribution in [1.82, 2.24) is 5.32 Å². The van der Waals surface area contributed by atoms with E-state index in [1.165, 1.54) is 6.08 Å². The number of carbonyl (C=O) groups is 1. The maximum absolute atomic E-state index is 12.0. The SMILES string of the molecule is O=C(/C=C/c1ccc(-c2ccccc2)o1)NC(=S)Nc1cccc(Br)c1. The fraction of sp³-hybridized carbons (Fsp3) is 0. The Morgan fingerprint density at radius 2 is 1.85 bits per heavy atom. The van der Waals surface area contributed by atoms with Crippen molar-refractivity contribution in [3.05, 3.63) is 83.0 Å². The quantitative estimate of drug-likeness (QED) is 0.442. The van der Waals surface area contributed by atoms with Crippen molar-refractivity contribution in [2.75, 3.05) is 5.32 Å². The first kappa shape index (κ1) is 18.1. The van der Waals surface area contributed by atoms with Crippen LogP contribution in [0.3, 0.4) is 0 Å². The van der Waals surface area contributed by atoms with Crippen molar-refractivity contribution >= 4 is 50.9 Å². The molecule has 0 radical (unpaired) electrons. The average Bonchev–Trinajstić information content (AvgIpc) is 3.10. The molecule has 0 saturated carbocycles. The zero-order valence-electron chi connectivity index (χ0n) is 13.6. The van der Waals surface area contributed by atoms with Gasteiger partial charge in [-0.25, -0.2) is 0 Å². The zero-order chi connectivity index (χ0) is 18.4. The Labute approximate surface area is 165 Å². The molecule has 1 aromatic heterocycles. The molecule has 6 heteroatoms. The molecule has 0 saturated heterocycles. The minimum absolute atomic E-state index is 0.224. The second kappa shape index (κ2) is 8.60. The van der Waals surface area contributed by atoms with E-state index in [0.717, 1.165) is 21.5 Å². The summed E-state index contributed by atoms with van der Waals surface area (Å²) in [5.41, 5.74) is 1.77. The van der Waals surface area contributed by atoms with E-state index in [1.54, 1.807) is 6.08 Å². The summed E-state index contributed by atoms with van der Waals surface area (Å²) in [5.74, 6) is 0.998. The van der Waals surface area contributed by atoms with Gasteiger partial charge in [-0.1, -0.05) is 52.3 Å². The number of anilines is 1. The third-order valence-electron chi connectivity index (χ3n) is 3.40. The molecule has 0 aliphatic carbocycles. The third kappa shape index (κ3) is 5.15. The van der Waals surface area contributed by atoms with Gasteiger partial charge in [0, 0.05) is 21.8 Å². The van der Waals surface area contributed by atoms with Gasteiger partial charge in [0.25, 0.3) is 0 Å². The van der Waals surface area contributed by atoms with E-state index >= 15 is 0 Å². The number of amides is 1. The summed E-state index contributed by atoms with van der Waals surface area (Å²) < 4.78 is 6.63. The lowest BCUT2D eigenvalue weighted by Crippen LogP contribution is -2.32. The number of rotatable bonds is 4. The molecule has 3 aromatic rings. The van der Waals surface area contributed by atoms with Gasteiger partial charge in [-0.2, -0.15) is 0 Å². The number of furan rings is 1. The summed E-state index contributed by atoms with van der Waals surface area (Å²) in [6, 6.07) is 20.9. The number of carbonyl (C=O) groups excluding carboxylic acids is 1. The lowest BCUT2D eigenvalue weighted by atomic mass is 10.2. The van der Waals surface area contributed by atoms with Crippen LogP contribution in [0.4, 0.5) is 5.69 Å². The molecule has 0 bridgehead atoms. The number of nitrogens with one attached hydrogen (secondary N) is 2. The van der Waals surface area contributed by atoms with Gasteiger partial charge in [-0.05, 0) is 48.6 Å². The van der Waals surface area contributed by atoms with Gasteiger partial charge in [-0.15, -0.1) is 0 Å². The van der Waals surface area contributed by atoms with E-state index < -0.39 is 0 Å². The Hall–Kier alpha value is -2.70. The molecule has 4 nitrogen and oxygen atoms in total. The Balaban J connectivity index is 1.56. The van der Waals surface area contributed by atoms with Crippen molar-refractivity contribution < 1.29 is 9.21 Å². The summed E-state index contributed by atoms with van der Waals surface area (Å²) in [4.78, 5) is 12.0. The Bertz CT molecular complexity index is 951. The fourth-order valence-electron chi connectivity index (χ4n) is 2.24. The molecule has 0 atom stereocenters. The molecule has 130 valence electrons. The number of hydrogen-bond acceptors (Lipinski definition) is 3. The van der Waals surface area contributed by atoms with Crippen LogP contribution >= 0.6 is 28.1 Å². The highest BCUT2D eigenvalue weighted by Crippen LogP contribution is 2.22. The second-order valence-corrected chi connectivity index (χ2v) is 6.68. The molecule has 2 N–H and O–H groups in total. The zero-order valence-corrected chi connectivity index (χ0v) is 16.0. The van der Waals surface area contributed by atoms with Gasteiger partial charge in [0.1, 0.15) is 11.5 Å². The Morgan fingerprint density at radius 3 is 2.62 bits per heavy atom. The number of thiocarbonyl (C=S) groups is 1. The molecular formula is C20H15BrN2O2S. The molecular weight excluding hydrogens is 412 g/mol. The minimum atomic E-state index is -0.338. The highest BCUT2D eigenvalue weighted by atomic mass is 79.9. The topological polar surface area (TPSA) is 54.3 Å². The van der Waals surface area contributed by atoms with Crippen LogP contribution in [0, 0.1) is 0 Å². The maximum Gasteiger partial charge on any atom is 0.250 e. The number of benzene rings is 2. The van der Waals surface area contributed by atoms with Crippen LogP contribution in [0.1, 0.15) is 5.76 Å². The lowest BCUT2D eigenvalue weighted by Gasteiger charge is -2.08. The van der Waals surface area contributed by atoms with Crippen molar-refractivity contribution in [3.8, 4) is 11.3 Å². The van der Waals surface area contributed by atoms with Crippen molar-refractivity contribution in [1.29, 1.82) is 0 Å². The third-order valence-corrected chi connectivity index (χ3v) is 4.10. The highest BCUT2D eigenvalue weighted by Gasteiger charge is 2.04. The molecule has 26 heavy (non-hydrogen) atoms. The molecule has 0 spiro atoms. The summed E-state index contributed by atoms with van der Waals surface area (Å²) in [6.07, 6.45) is 2.98. The summed E-state index contributed by atoms with van der Waals surface area (Å²) in [5, 5.41) is 5.77. The van der Waals surface area contributed by atoms with Gasteiger partial charge in [-0.3, -0.25) is 10.1 Å². The molecule has 3 rings (SSSR count). The normalized spacial score (nSPS) is 10.7. The Kier molecular flexibility index (Phi) is 5.99. The van der Waals surface area contributed by atoms with E-state index in [1.807, 2.05) is 66.7 Å². The van der Waals surface area contributed by atoms with Crippen LogP contribution in [0.2, 0.25) is 0 Å². The van der Waals surface area contributed by atoms with Gasteiger partial charge >= 0.3 is 0 Å². The van der Waals surface area contributed by atoms with Gasteiger partial charge < -0.3 is 9.73 Å². The first-order valence-electron chi connectivity index (χ1n) is 7.81. The molecule has 0 aliphatic rings. The van der Waals surface area contributed by atoms with Crippen molar-refractivity contribution in [2.24, 2.45) is 0 Å². The largest absolute Gasteiger partial charge is 0.457 e. The van der Waals surface area contributed by atoms with Crippen molar-refractivity contribution in [3.63, 3.8) is 0 Å². The monoisotopic (exact) mass is 426 g/mol.